The summed E-state index contributed by atoms with van der Waals surface area (Å²) in [6.45, 7) is 3.98. The van der Waals surface area contributed by atoms with Crippen LogP contribution in [0, 0.1) is 0 Å². The standard InChI is InChI=1S/C17H15F3N2O3S2/c1-8(2)14-21-9(7-26-14)6-22-13(23)5-11(17(18,19)20)10-4-12(16(24)25-3)27-15(10)22/h4-5,7-8H,6H2,1-3H3. The summed E-state index contributed by atoms with van der Waals surface area (Å²) in [5.74, 6) is -0.542. The molecule has 0 aromatic carbocycles. The highest BCUT2D eigenvalue weighted by molar-refractivity contribution is 7.20. The maximum absolute atomic E-state index is 13.4. The lowest BCUT2D eigenvalue weighted by molar-refractivity contribution is -0.136. The molecule has 0 bridgehead atoms. The minimum atomic E-state index is -4.71. The van der Waals surface area contributed by atoms with E-state index in [1.165, 1.54) is 15.9 Å². The normalized spacial score (nSPS) is 12.1. The predicted octanol–water partition coefficient (Wildman–Crippen LogP) is 4.50. The molecule has 0 aliphatic rings. The van der Waals surface area contributed by atoms with Crippen molar-refractivity contribution in [2.45, 2.75) is 32.5 Å². The zero-order chi connectivity index (χ0) is 19.9. The number of thiophene rings is 1. The molecule has 144 valence electrons. The lowest BCUT2D eigenvalue weighted by Crippen LogP contribution is -2.23. The zero-order valence-electron chi connectivity index (χ0n) is 14.6. The number of alkyl halides is 3. The average Bonchev–Trinajstić information content (AvgIpc) is 3.22. The average molecular weight is 416 g/mol. The van der Waals surface area contributed by atoms with Crippen LogP contribution in [-0.4, -0.2) is 22.6 Å². The third kappa shape index (κ3) is 3.77. The number of methoxy groups -OCH3 is 1. The Balaban J connectivity index is 2.19. The van der Waals surface area contributed by atoms with E-state index in [-0.39, 0.29) is 27.6 Å². The van der Waals surface area contributed by atoms with E-state index in [9.17, 15) is 22.8 Å². The van der Waals surface area contributed by atoms with Gasteiger partial charge in [0, 0.05) is 22.8 Å². The van der Waals surface area contributed by atoms with Crippen LogP contribution < -0.4 is 5.56 Å². The summed E-state index contributed by atoms with van der Waals surface area (Å²) >= 11 is 2.23. The molecule has 0 N–H and O–H groups in total. The maximum atomic E-state index is 13.4. The Hall–Kier alpha value is -2.20. The quantitative estimate of drug-likeness (QED) is 0.588. The Bertz CT molecular complexity index is 1060. The van der Waals surface area contributed by atoms with Gasteiger partial charge in [0.15, 0.2) is 0 Å². The molecule has 3 rings (SSSR count). The van der Waals surface area contributed by atoms with Crippen molar-refractivity contribution in [2.75, 3.05) is 7.11 Å². The van der Waals surface area contributed by atoms with E-state index in [0.29, 0.717) is 11.8 Å². The monoisotopic (exact) mass is 416 g/mol. The Morgan fingerprint density at radius 3 is 2.59 bits per heavy atom. The highest BCUT2D eigenvalue weighted by Crippen LogP contribution is 2.37. The van der Waals surface area contributed by atoms with Crippen molar-refractivity contribution < 1.29 is 22.7 Å². The second-order valence-electron chi connectivity index (χ2n) is 6.13. The summed E-state index contributed by atoms with van der Waals surface area (Å²) < 4.78 is 45.9. The number of hydrogen-bond acceptors (Lipinski definition) is 6. The van der Waals surface area contributed by atoms with Crippen molar-refractivity contribution in [3.8, 4) is 0 Å². The molecule has 3 heterocycles. The van der Waals surface area contributed by atoms with Crippen molar-refractivity contribution in [1.29, 1.82) is 0 Å². The molecule has 27 heavy (non-hydrogen) atoms. The molecular formula is C17H15F3N2O3S2. The van der Waals surface area contributed by atoms with Crippen molar-refractivity contribution >= 4 is 38.9 Å². The number of fused-ring (bicyclic) bond motifs is 1. The van der Waals surface area contributed by atoms with E-state index in [1.54, 1.807) is 5.38 Å². The third-order valence-electron chi connectivity index (χ3n) is 3.86. The van der Waals surface area contributed by atoms with Gasteiger partial charge in [-0.1, -0.05) is 13.8 Å². The Morgan fingerprint density at radius 1 is 1.33 bits per heavy atom. The first-order valence-electron chi connectivity index (χ1n) is 7.89. The van der Waals surface area contributed by atoms with Crippen LogP contribution in [0.3, 0.4) is 0 Å². The van der Waals surface area contributed by atoms with Gasteiger partial charge in [0.1, 0.15) is 9.71 Å². The van der Waals surface area contributed by atoms with E-state index in [2.05, 4.69) is 9.72 Å². The first kappa shape index (κ1) is 19.6. The lowest BCUT2D eigenvalue weighted by atomic mass is 10.1. The van der Waals surface area contributed by atoms with Gasteiger partial charge in [-0.05, 0) is 6.07 Å². The van der Waals surface area contributed by atoms with Crippen molar-refractivity contribution in [2.24, 2.45) is 0 Å². The maximum Gasteiger partial charge on any atom is 0.417 e. The second-order valence-corrected chi connectivity index (χ2v) is 8.05. The molecular weight excluding hydrogens is 401 g/mol. The number of aromatic nitrogens is 2. The van der Waals surface area contributed by atoms with Gasteiger partial charge in [-0.15, -0.1) is 22.7 Å². The summed E-state index contributed by atoms with van der Waals surface area (Å²) in [6, 6.07) is 1.68. The third-order valence-corrected chi connectivity index (χ3v) is 6.19. The van der Waals surface area contributed by atoms with Crippen LogP contribution in [0.15, 0.2) is 22.3 Å². The van der Waals surface area contributed by atoms with Crippen molar-refractivity contribution in [3.63, 3.8) is 0 Å². The van der Waals surface area contributed by atoms with Gasteiger partial charge in [-0.25, -0.2) is 9.78 Å². The summed E-state index contributed by atoms with van der Waals surface area (Å²) in [7, 11) is 1.15. The molecule has 0 atom stereocenters. The van der Waals surface area contributed by atoms with Gasteiger partial charge in [-0.2, -0.15) is 13.2 Å². The number of rotatable bonds is 4. The number of hydrogen-bond donors (Lipinski definition) is 0. The molecule has 0 radical (unpaired) electrons. The van der Waals surface area contributed by atoms with E-state index in [4.69, 9.17) is 0 Å². The second kappa shape index (κ2) is 7.08. The predicted molar refractivity (Wildman–Crippen MR) is 97.7 cm³/mol. The molecule has 0 spiro atoms. The van der Waals surface area contributed by atoms with Crippen molar-refractivity contribution in [1.82, 2.24) is 9.55 Å². The lowest BCUT2D eigenvalue weighted by Gasteiger charge is -2.11. The fraction of sp³-hybridized carbons (Fsp3) is 0.353. The molecule has 0 saturated heterocycles. The Kier molecular flexibility index (Phi) is 5.13. The smallest absolute Gasteiger partial charge is 0.417 e. The van der Waals surface area contributed by atoms with Crippen LogP contribution in [-0.2, 0) is 17.5 Å². The van der Waals surface area contributed by atoms with E-state index in [1.807, 2.05) is 13.8 Å². The molecule has 5 nitrogen and oxygen atoms in total. The molecule has 0 aliphatic heterocycles. The van der Waals surface area contributed by atoms with Gasteiger partial charge < -0.3 is 4.74 Å². The van der Waals surface area contributed by atoms with Crippen LogP contribution in [0.2, 0.25) is 0 Å². The van der Waals surface area contributed by atoms with E-state index >= 15 is 0 Å². The van der Waals surface area contributed by atoms with Gasteiger partial charge in [-0.3, -0.25) is 9.36 Å². The summed E-state index contributed by atoms with van der Waals surface area (Å²) in [4.78, 5) is 28.7. The Labute approximate surface area is 160 Å². The highest BCUT2D eigenvalue weighted by Gasteiger charge is 2.35. The highest BCUT2D eigenvalue weighted by atomic mass is 32.1. The minimum Gasteiger partial charge on any atom is -0.465 e. The number of ether oxygens (including phenoxy) is 1. The van der Waals surface area contributed by atoms with Gasteiger partial charge in [0.25, 0.3) is 5.56 Å². The topological polar surface area (TPSA) is 61.2 Å². The number of carbonyl (C=O) groups excluding carboxylic acids is 1. The molecule has 0 aliphatic carbocycles. The number of carbonyl (C=O) groups is 1. The fourth-order valence-electron chi connectivity index (χ4n) is 2.56. The molecule has 10 heteroatoms. The molecule has 3 aromatic heterocycles. The minimum absolute atomic E-state index is 0.00139. The molecule has 0 fully saturated rings. The summed E-state index contributed by atoms with van der Waals surface area (Å²) in [5.41, 5.74) is -1.28. The number of pyridine rings is 1. The van der Waals surface area contributed by atoms with Gasteiger partial charge in [0.2, 0.25) is 0 Å². The first-order valence-corrected chi connectivity index (χ1v) is 9.58. The molecule has 0 unspecified atom stereocenters. The van der Waals surface area contributed by atoms with Crippen LogP contribution in [0.1, 0.15) is 45.7 Å². The van der Waals surface area contributed by atoms with Gasteiger partial charge >= 0.3 is 12.1 Å². The van der Waals surface area contributed by atoms with Crippen LogP contribution in [0.4, 0.5) is 13.2 Å². The van der Waals surface area contributed by atoms with E-state index in [0.717, 1.165) is 29.5 Å². The number of nitrogens with zero attached hydrogens (tertiary/aromatic N) is 2. The zero-order valence-corrected chi connectivity index (χ0v) is 16.2. The molecule has 0 saturated carbocycles. The fourth-order valence-corrected chi connectivity index (χ4v) is 4.48. The molecule has 0 amide bonds. The first-order chi connectivity index (χ1) is 12.6. The number of esters is 1. The Morgan fingerprint density at radius 2 is 2.04 bits per heavy atom. The largest absolute Gasteiger partial charge is 0.465 e. The van der Waals surface area contributed by atoms with Crippen LogP contribution in [0.5, 0.6) is 0 Å². The van der Waals surface area contributed by atoms with E-state index < -0.39 is 23.3 Å². The summed E-state index contributed by atoms with van der Waals surface area (Å²) in [5, 5.41) is 2.45. The van der Waals surface area contributed by atoms with Crippen LogP contribution >= 0.6 is 22.7 Å². The SMILES string of the molecule is COC(=O)c1cc2c(C(F)(F)F)cc(=O)n(Cc3csc(C(C)C)n3)c2s1. The number of thiazole rings is 1. The molecule has 3 aromatic rings. The summed E-state index contributed by atoms with van der Waals surface area (Å²) in [6.07, 6.45) is -4.71. The number of halogens is 3. The van der Waals surface area contributed by atoms with Crippen LogP contribution in [0.25, 0.3) is 10.2 Å². The van der Waals surface area contributed by atoms with Crippen molar-refractivity contribution in [3.05, 3.63) is 49.0 Å². The van der Waals surface area contributed by atoms with Gasteiger partial charge in [0.05, 0.1) is 29.9 Å².